The van der Waals surface area contributed by atoms with Crippen molar-refractivity contribution in [3.05, 3.63) is 35.0 Å². The Labute approximate surface area is 141 Å². The van der Waals surface area contributed by atoms with Crippen LogP contribution >= 0.6 is 11.3 Å². The van der Waals surface area contributed by atoms with Crippen LogP contribution in [0.2, 0.25) is 0 Å². The number of benzene rings is 1. The Kier molecular flexibility index (Phi) is 6.15. The molecule has 1 aromatic heterocycles. The molecule has 2 aromatic rings. The smallest absolute Gasteiger partial charge is 0.266 e. The van der Waals surface area contributed by atoms with E-state index >= 15 is 0 Å². The molecule has 0 saturated carbocycles. The molecule has 0 aliphatic heterocycles. The first kappa shape index (κ1) is 17.9. The summed E-state index contributed by atoms with van der Waals surface area (Å²) in [7, 11) is -3.93. The van der Waals surface area contributed by atoms with Crippen molar-refractivity contribution in [3.8, 4) is 0 Å². The molecule has 0 radical (unpaired) electrons. The summed E-state index contributed by atoms with van der Waals surface area (Å²) in [6, 6.07) is 8.01. The number of thiazole rings is 1. The fourth-order valence-corrected chi connectivity index (χ4v) is 4.00. The lowest BCUT2D eigenvalue weighted by atomic mass is 10.3. The van der Waals surface area contributed by atoms with Crippen molar-refractivity contribution in [1.82, 2.24) is 0 Å². The normalized spacial score (nSPS) is 12.7. The van der Waals surface area contributed by atoms with Gasteiger partial charge in [0.1, 0.15) is 10.5 Å². The van der Waals surface area contributed by atoms with Gasteiger partial charge in [-0.1, -0.05) is 30.4 Å². The number of rotatable bonds is 8. The topological polar surface area (TPSA) is 67.5 Å². The predicted octanol–water partition coefficient (Wildman–Crippen LogP) is 3.25. The van der Waals surface area contributed by atoms with Gasteiger partial charge in [-0.3, -0.25) is 4.55 Å². The fourth-order valence-electron chi connectivity index (χ4n) is 2.36. The molecule has 0 amide bonds. The molecule has 126 valence electrons. The maximum Gasteiger partial charge on any atom is 0.266 e. The monoisotopic (exact) mass is 356 g/mol. The number of nitrogens with zero attached hydrogens (tertiary/aromatic N) is 1. The van der Waals surface area contributed by atoms with Crippen LogP contribution in [0, 0.1) is 0 Å². The molecule has 0 unspecified atom stereocenters. The van der Waals surface area contributed by atoms with Gasteiger partial charge in [-0.2, -0.15) is 13.0 Å². The predicted molar refractivity (Wildman–Crippen MR) is 92.9 cm³/mol. The Morgan fingerprint density at radius 3 is 2.74 bits per heavy atom. The first-order chi connectivity index (χ1) is 10.9. The molecule has 1 aromatic carbocycles. The lowest BCUT2D eigenvalue weighted by molar-refractivity contribution is -0.668. The molecule has 0 aliphatic carbocycles. The molecule has 0 fully saturated rings. The Balaban J connectivity index is 2.37. The molecule has 0 saturated heterocycles. The summed E-state index contributed by atoms with van der Waals surface area (Å²) < 4.78 is 39.6. The Bertz CT molecular complexity index is 794. The zero-order valence-corrected chi connectivity index (χ0v) is 15.0. The number of hydrogen-bond acceptors (Lipinski definition) is 4. The maximum absolute atomic E-state index is 10.9. The van der Waals surface area contributed by atoms with Gasteiger partial charge in [-0.05, 0) is 13.0 Å². The summed E-state index contributed by atoms with van der Waals surface area (Å²) in [4.78, 5) is 0. The lowest BCUT2D eigenvalue weighted by Crippen LogP contribution is -2.36. The van der Waals surface area contributed by atoms with Gasteiger partial charge in [0.05, 0.1) is 18.4 Å². The second-order valence-corrected chi connectivity index (χ2v) is 7.73. The van der Waals surface area contributed by atoms with Crippen LogP contribution in [-0.2, 0) is 21.4 Å². The highest BCUT2D eigenvalue weighted by molar-refractivity contribution is 7.85. The molecule has 2 rings (SSSR count). The van der Waals surface area contributed by atoms with Crippen molar-refractivity contribution in [2.45, 2.75) is 33.2 Å². The van der Waals surface area contributed by atoms with Gasteiger partial charge in [0.15, 0.2) is 6.54 Å². The highest BCUT2D eigenvalue weighted by Crippen LogP contribution is 2.23. The Morgan fingerprint density at radius 2 is 2.09 bits per heavy atom. The summed E-state index contributed by atoms with van der Waals surface area (Å²) >= 11 is 1.65. The van der Waals surface area contributed by atoms with Crippen molar-refractivity contribution in [2.75, 3.05) is 12.4 Å². The molecular formula is C16H22NO4S2+. The van der Waals surface area contributed by atoms with E-state index in [0.717, 1.165) is 27.4 Å². The second kappa shape index (κ2) is 7.90. The lowest BCUT2D eigenvalue weighted by Gasteiger charge is -2.04. The number of fused-ring (bicyclic) bond motifs is 1. The summed E-state index contributed by atoms with van der Waals surface area (Å²) in [5.41, 5.74) is 1.06. The van der Waals surface area contributed by atoms with Gasteiger partial charge in [0, 0.05) is 18.9 Å². The van der Waals surface area contributed by atoms with Gasteiger partial charge in [-0.25, -0.2) is 0 Å². The van der Waals surface area contributed by atoms with Crippen LogP contribution in [0.1, 0.15) is 31.7 Å². The van der Waals surface area contributed by atoms with E-state index < -0.39 is 10.1 Å². The van der Waals surface area contributed by atoms with E-state index in [9.17, 15) is 8.42 Å². The Hall–Kier alpha value is -1.44. The first-order valence-corrected chi connectivity index (χ1v) is 10.1. The van der Waals surface area contributed by atoms with Crippen LogP contribution < -0.4 is 4.57 Å². The van der Waals surface area contributed by atoms with Crippen molar-refractivity contribution < 1.29 is 22.3 Å². The molecule has 7 heteroatoms. The zero-order valence-electron chi connectivity index (χ0n) is 13.4. The number of allylic oxidation sites excluding steroid dienone is 1. The zero-order chi connectivity index (χ0) is 16.9. The van der Waals surface area contributed by atoms with E-state index in [0.29, 0.717) is 19.6 Å². The summed E-state index contributed by atoms with van der Waals surface area (Å²) in [6.45, 7) is 5.14. The largest absolute Gasteiger partial charge is 0.498 e. The third kappa shape index (κ3) is 5.02. The van der Waals surface area contributed by atoms with Crippen LogP contribution in [0.15, 0.2) is 30.0 Å². The van der Waals surface area contributed by atoms with E-state index in [-0.39, 0.29) is 5.75 Å². The maximum atomic E-state index is 10.9. The fraction of sp³-hybridized carbons (Fsp3) is 0.438. The van der Waals surface area contributed by atoms with Crippen LogP contribution in [0.4, 0.5) is 0 Å². The minimum absolute atomic E-state index is 0.237. The second-order valence-electron chi connectivity index (χ2n) is 5.10. The van der Waals surface area contributed by atoms with Crippen LogP contribution in [0.5, 0.6) is 0 Å². The van der Waals surface area contributed by atoms with E-state index in [4.69, 9.17) is 9.29 Å². The molecule has 0 bridgehead atoms. The third-order valence-corrected chi connectivity index (χ3v) is 5.30. The van der Waals surface area contributed by atoms with Crippen LogP contribution in [0.3, 0.4) is 0 Å². The van der Waals surface area contributed by atoms with Crippen LogP contribution in [-0.4, -0.2) is 25.3 Å². The minimum Gasteiger partial charge on any atom is -0.498 e. The molecule has 0 spiro atoms. The molecule has 1 heterocycles. The summed E-state index contributed by atoms with van der Waals surface area (Å²) in [5, 5.41) is 1.02. The number of ether oxygens (including phenoxy) is 1. The number of para-hydroxylation sites is 1. The number of aryl methyl sites for hydroxylation is 1. The van der Waals surface area contributed by atoms with Crippen LogP contribution in [0.25, 0.3) is 16.3 Å². The van der Waals surface area contributed by atoms with E-state index in [1.165, 1.54) is 0 Å². The molecule has 0 aliphatic rings. The van der Waals surface area contributed by atoms with Crippen molar-refractivity contribution >= 4 is 37.7 Å². The van der Waals surface area contributed by atoms with Gasteiger partial charge in [0.25, 0.3) is 15.1 Å². The minimum atomic E-state index is -3.93. The van der Waals surface area contributed by atoms with E-state index in [1.807, 2.05) is 44.2 Å². The van der Waals surface area contributed by atoms with E-state index in [2.05, 4.69) is 4.57 Å². The molecule has 5 nitrogen and oxygen atoms in total. The van der Waals surface area contributed by atoms with Gasteiger partial charge in [0.2, 0.25) is 5.52 Å². The quantitative estimate of drug-likeness (QED) is 0.448. The highest BCUT2D eigenvalue weighted by atomic mass is 32.2. The molecule has 1 N–H and O–H groups in total. The van der Waals surface area contributed by atoms with Gasteiger partial charge >= 0.3 is 0 Å². The molecule has 23 heavy (non-hydrogen) atoms. The van der Waals surface area contributed by atoms with Crippen molar-refractivity contribution in [2.24, 2.45) is 0 Å². The standard InChI is InChI=1S/C16H21NO4S2/c1-3-13(21-4-2)12-16-17(10-7-11-23(18,19)20)14-8-5-6-9-15(14)22-16/h5-6,8-9,12H,3-4,7,10-11H2,1-2H3/p+1/b13-12-. The summed E-state index contributed by atoms with van der Waals surface area (Å²) in [5.74, 6) is 0.668. The average Bonchev–Trinajstić information content (AvgIpc) is 2.83. The SMILES string of the molecule is CCO/C(=C\c1sc2ccccc2[n+]1CCCS(=O)(=O)O)CC. The van der Waals surface area contributed by atoms with Crippen molar-refractivity contribution in [1.29, 1.82) is 0 Å². The number of hydrogen-bond donors (Lipinski definition) is 1. The van der Waals surface area contributed by atoms with Gasteiger partial charge < -0.3 is 4.74 Å². The third-order valence-electron chi connectivity index (χ3n) is 3.38. The first-order valence-electron chi connectivity index (χ1n) is 7.64. The van der Waals surface area contributed by atoms with Gasteiger partial charge in [-0.15, -0.1) is 0 Å². The Morgan fingerprint density at radius 1 is 1.35 bits per heavy atom. The van der Waals surface area contributed by atoms with Crippen molar-refractivity contribution in [3.63, 3.8) is 0 Å². The highest BCUT2D eigenvalue weighted by Gasteiger charge is 2.20. The molecule has 0 atom stereocenters. The number of aromatic nitrogens is 1. The summed E-state index contributed by atoms with van der Waals surface area (Å²) in [6.07, 6.45) is 3.18. The van der Waals surface area contributed by atoms with E-state index in [1.54, 1.807) is 11.3 Å². The average molecular weight is 356 g/mol. The molecular weight excluding hydrogens is 334 g/mol.